The van der Waals surface area contributed by atoms with E-state index in [0.29, 0.717) is 0 Å². The fraction of sp³-hybridized carbons (Fsp3) is 0.312. The van der Waals surface area contributed by atoms with Crippen molar-refractivity contribution in [3.63, 3.8) is 0 Å². The molecular weight excluding hydrogens is 348 g/mol. The molecule has 0 unspecified atom stereocenters. The van der Waals surface area contributed by atoms with Crippen molar-refractivity contribution < 1.29 is 19.1 Å². The molecular formula is C16H16N2O4S2. The van der Waals surface area contributed by atoms with Gasteiger partial charge in [-0.05, 0) is 24.0 Å². The van der Waals surface area contributed by atoms with E-state index in [0.717, 1.165) is 26.0 Å². The van der Waals surface area contributed by atoms with Crippen LogP contribution in [-0.4, -0.2) is 28.5 Å². The van der Waals surface area contributed by atoms with Crippen LogP contribution in [0.25, 0.3) is 10.2 Å². The summed E-state index contributed by atoms with van der Waals surface area (Å²) in [6, 6.07) is 5.66. The van der Waals surface area contributed by atoms with Crippen LogP contribution in [0.2, 0.25) is 0 Å². The number of nitrogens with zero attached hydrogens (tertiary/aromatic N) is 1. The SMILES string of the molecule is CCSc1nc2ccc(NC=C3C(=O)OC(C)(C)OC3=O)cc2s1. The Morgan fingerprint density at radius 2 is 2.00 bits per heavy atom. The van der Waals surface area contributed by atoms with Crippen LogP contribution >= 0.6 is 23.1 Å². The van der Waals surface area contributed by atoms with Crippen molar-refractivity contribution in [1.82, 2.24) is 4.98 Å². The van der Waals surface area contributed by atoms with Crippen molar-refractivity contribution in [2.24, 2.45) is 0 Å². The molecule has 1 N–H and O–H groups in total. The second kappa shape index (κ2) is 6.45. The van der Waals surface area contributed by atoms with Crippen LogP contribution in [0.5, 0.6) is 0 Å². The molecule has 1 saturated heterocycles. The molecule has 1 aliphatic rings. The smallest absolute Gasteiger partial charge is 0.350 e. The standard InChI is InChI=1S/C16H16N2O4S2/c1-4-23-15-18-11-6-5-9(7-12(11)24-15)17-8-10-13(19)21-16(2,3)22-14(10)20/h5-8,17H,4H2,1-3H3. The number of carbonyl (C=O) groups is 2. The number of hydrogen-bond acceptors (Lipinski definition) is 8. The van der Waals surface area contributed by atoms with Crippen LogP contribution in [0, 0.1) is 0 Å². The number of ether oxygens (including phenoxy) is 2. The number of benzene rings is 1. The number of anilines is 1. The molecule has 2 heterocycles. The van der Waals surface area contributed by atoms with E-state index >= 15 is 0 Å². The topological polar surface area (TPSA) is 77.5 Å². The molecule has 8 heteroatoms. The van der Waals surface area contributed by atoms with Crippen LogP contribution in [0.15, 0.2) is 34.3 Å². The predicted molar refractivity (Wildman–Crippen MR) is 94.0 cm³/mol. The van der Waals surface area contributed by atoms with Gasteiger partial charge < -0.3 is 14.8 Å². The molecule has 1 aromatic heterocycles. The highest BCUT2D eigenvalue weighted by atomic mass is 32.2. The van der Waals surface area contributed by atoms with Crippen LogP contribution in [0.4, 0.5) is 5.69 Å². The lowest BCUT2D eigenvalue weighted by Gasteiger charge is -2.29. The molecule has 3 rings (SSSR count). The maximum absolute atomic E-state index is 11.9. The molecule has 0 aliphatic carbocycles. The quantitative estimate of drug-likeness (QED) is 0.385. The summed E-state index contributed by atoms with van der Waals surface area (Å²) in [7, 11) is 0. The lowest BCUT2D eigenvalue weighted by Crippen LogP contribution is -2.42. The van der Waals surface area contributed by atoms with Gasteiger partial charge in [-0.3, -0.25) is 0 Å². The molecule has 0 radical (unpaired) electrons. The second-order valence-electron chi connectivity index (χ2n) is 5.48. The van der Waals surface area contributed by atoms with E-state index in [4.69, 9.17) is 9.47 Å². The highest BCUT2D eigenvalue weighted by Gasteiger charge is 2.38. The van der Waals surface area contributed by atoms with Crippen LogP contribution < -0.4 is 5.32 Å². The minimum Gasteiger partial charge on any atom is -0.419 e. The summed E-state index contributed by atoms with van der Waals surface area (Å²) in [5.74, 6) is -1.67. The summed E-state index contributed by atoms with van der Waals surface area (Å²) in [5, 5.41) is 2.94. The number of rotatable bonds is 4. The monoisotopic (exact) mass is 364 g/mol. The van der Waals surface area contributed by atoms with E-state index < -0.39 is 17.7 Å². The Hall–Kier alpha value is -2.06. The van der Waals surface area contributed by atoms with Crippen LogP contribution in [-0.2, 0) is 19.1 Å². The minimum atomic E-state index is -1.24. The highest BCUT2D eigenvalue weighted by Crippen LogP contribution is 2.31. The van der Waals surface area contributed by atoms with Crippen molar-refractivity contribution in [2.45, 2.75) is 30.9 Å². The van der Waals surface area contributed by atoms with Gasteiger partial charge in [0.05, 0.1) is 10.2 Å². The van der Waals surface area contributed by atoms with Gasteiger partial charge >= 0.3 is 11.9 Å². The fourth-order valence-corrected chi connectivity index (χ4v) is 4.12. The van der Waals surface area contributed by atoms with Gasteiger partial charge in [0.1, 0.15) is 0 Å². The average molecular weight is 364 g/mol. The molecule has 0 saturated carbocycles. The van der Waals surface area contributed by atoms with Crippen molar-refractivity contribution in [3.05, 3.63) is 30.0 Å². The predicted octanol–water partition coefficient (Wildman–Crippen LogP) is 3.54. The Morgan fingerprint density at radius 3 is 2.67 bits per heavy atom. The van der Waals surface area contributed by atoms with Gasteiger partial charge in [-0.1, -0.05) is 18.7 Å². The summed E-state index contributed by atoms with van der Waals surface area (Å²) >= 11 is 3.30. The van der Waals surface area contributed by atoms with Gasteiger partial charge in [-0.15, -0.1) is 11.3 Å². The van der Waals surface area contributed by atoms with E-state index in [1.165, 1.54) is 20.0 Å². The summed E-state index contributed by atoms with van der Waals surface area (Å²) in [6.07, 6.45) is 1.31. The third-order valence-corrected chi connectivity index (χ3v) is 5.18. The van der Waals surface area contributed by atoms with E-state index in [1.54, 1.807) is 23.1 Å². The summed E-state index contributed by atoms with van der Waals surface area (Å²) in [5.41, 5.74) is 1.51. The number of hydrogen-bond donors (Lipinski definition) is 1. The normalized spacial score (nSPS) is 16.7. The van der Waals surface area contributed by atoms with Gasteiger partial charge in [-0.25, -0.2) is 14.6 Å². The maximum Gasteiger partial charge on any atom is 0.350 e. The van der Waals surface area contributed by atoms with E-state index in [9.17, 15) is 9.59 Å². The first kappa shape index (κ1) is 16.8. The van der Waals surface area contributed by atoms with Gasteiger partial charge in [0.25, 0.3) is 5.79 Å². The summed E-state index contributed by atoms with van der Waals surface area (Å²) in [4.78, 5) is 28.3. The fourth-order valence-electron chi connectivity index (χ4n) is 2.11. The average Bonchev–Trinajstić information content (AvgIpc) is 2.87. The maximum atomic E-state index is 11.9. The molecule has 1 aromatic carbocycles. The lowest BCUT2D eigenvalue weighted by molar-refractivity contribution is -0.222. The number of esters is 2. The zero-order chi connectivity index (χ0) is 17.3. The van der Waals surface area contributed by atoms with Gasteiger partial charge in [-0.2, -0.15) is 0 Å². The number of thiazole rings is 1. The zero-order valence-corrected chi connectivity index (χ0v) is 15.0. The third-order valence-electron chi connectivity index (χ3n) is 3.14. The Kier molecular flexibility index (Phi) is 4.51. The Balaban J connectivity index is 1.79. The first-order valence-electron chi connectivity index (χ1n) is 7.35. The van der Waals surface area contributed by atoms with Gasteiger partial charge in [0, 0.05) is 25.7 Å². The first-order chi connectivity index (χ1) is 11.4. The third kappa shape index (κ3) is 3.54. The molecule has 1 fully saturated rings. The molecule has 0 atom stereocenters. The summed E-state index contributed by atoms with van der Waals surface area (Å²) in [6.45, 7) is 5.10. The molecule has 0 spiro atoms. The number of aromatic nitrogens is 1. The van der Waals surface area contributed by atoms with Crippen molar-refractivity contribution in [3.8, 4) is 0 Å². The number of thioether (sulfide) groups is 1. The summed E-state index contributed by atoms with van der Waals surface area (Å²) < 4.78 is 12.1. The number of cyclic esters (lactones) is 2. The Morgan fingerprint density at radius 1 is 1.29 bits per heavy atom. The molecule has 126 valence electrons. The second-order valence-corrected chi connectivity index (χ2v) is 8.02. The molecule has 2 aromatic rings. The number of fused-ring (bicyclic) bond motifs is 1. The first-order valence-corrected chi connectivity index (χ1v) is 9.15. The minimum absolute atomic E-state index is 0.166. The van der Waals surface area contributed by atoms with Gasteiger partial charge in [0.15, 0.2) is 9.91 Å². The van der Waals surface area contributed by atoms with Crippen molar-refractivity contribution in [1.29, 1.82) is 0 Å². The van der Waals surface area contributed by atoms with E-state index in [-0.39, 0.29) is 5.57 Å². The molecule has 1 aliphatic heterocycles. The molecule has 0 amide bonds. The van der Waals surface area contributed by atoms with Crippen LogP contribution in [0.3, 0.4) is 0 Å². The largest absolute Gasteiger partial charge is 0.419 e. The lowest BCUT2D eigenvalue weighted by atomic mass is 10.2. The molecule has 24 heavy (non-hydrogen) atoms. The van der Waals surface area contributed by atoms with Gasteiger partial charge in [0.2, 0.25) is 0 Å². The Bertz CT molecular complexity index is 820. The van der Waals surface area contributed by atoms with E-state index in [2.05, 4.69) is 17.2 Å². The van der Waals surface area contributed by atoms with Crippen molar-refractivity contribution in [2.75, 3.05) is 11.1 Å². The zero-order valence-electron chi connectivity index (χ0n) is 13.4. The van der Waals surface area contributed by atoms with Crippen LogP contribution in [0.1, 0.15) is 20.8 Å². The molecule has 6 nitrogen and oxygen atoms in total. The highest BCUT2D eigenvalue weighted by molar-refractivity contribution is 8.01. The van der Waals surface area contributed by atoms with E-state index in [1.807, 2.05) is 18.2 Å². The number of carbonyl (C=O) groups excluding carboxylic acids is 2. The molecule has 0 bridgehead atoms. The number of nitrogens with one attached hydrogen (secondary N) is 1. The van der Waals surface area contributed by atoms with Crippen molar-refractivity contribution >= 4 is 50.9 Å². The Labute approximate surface area is 147 Å².